The smallest absolute Gasteiger partial charge is 0.166 e. The molecule has 14 heavy (non-hydrogen) atoms. The monoisotopic (exact) mass is 212 g/mol. The molecule has 0 fully saturated rings. The van der Waals surface area contributed by atoms with E-state index in [0.717, 1.165) is 0 Å². The van der Waals surface area contributed by atoms with Gasteiger partial charge < -0.3 is 4.74 Å². The van der Waals surface area contributed by atoms with Gasteiger partial charge >= 0.3 is 0 Å². The van der Waals surface area contributed by atoms with E-state index in [4.69, 9.17) is 16.3 Å². The number of hydrogen-bond acceptors (Lipinski definition) is 2. The molecule has 0 spiro atoms. The van der Waals surface area contributed by atoms with Gasteiger partial charge in [-0.05, 0) is 18.6 Å². The van der Waals surface area contributed by atoms with Gasteiger partial charge in [0.25, 0.3) is 0 Å². The van der Waals surface area contributed by atoms with E-state index in [1.807, 2.05) is 12.1 Å². The third kappa shape index (κ3) is 2.74. The molecule has 0 saturated heterocycles. The summed E-state index contributed by atoms with van der Waals surface area (Å²) >= 11 is 5.52. The first-order valence-electron chi connectivity index (χ1n) is 4.51. The lowest BCUT2D eigenvalue weighted by Crippen LogP contribution is -2.02. The molecule has 0 aromatic heterocycles. The fourth-order valence-electron chi connectivity index (χ4n) is 1.24. The van der Waals surface area contributed by atoms with Gasteiger partial charge in [0, 0.05) is 12.3 Å². The molecule has 0 aliphatic carbocycles. The van der Waals surface area contributed by atoms with Crippen molar-refractivity contribution < 1.29 is 9.53 Å². The Morgan fingerprint density at radius 1 is 1.43 bits per heavy atom. The zero-order valence-electron chi connectivity index (χ0n) is 8.13. The molecule has 0 N–H and O–H groups in total. The summed E-state index contributed by atoms with van der Waals surface area (Å²) in [6.07, 6.45) is 1.18. The van der Waals surface area contributed by atoms with Crippen LogP contribution in [0.1, 0.15) is 23.2 Å². The van der Waals surface area contributed by atoms with Crippen LogP contribution in [0, 0.1) is 0 Å². The van der Waals surface area contributed by atoms with E-state index in [9.17, 15) is 4.79 Å². The molecule has 0 aliphatic rings. The fourth-order valence-corrected chi connectivity index (χ4v) is 1.37. The van der Waals surface area contributed by atoms with E-state index < -0.39 is 0 Å². The molecule has 0 bridgehead atoms. The summed E-state index contributed by atoms with van der Waals surface area (Å²) in [5.74, 6) is 1.23. The van der Waals surface area contributed by atoms with Gasteiger partial charge in [0.15, 0.2) is 5.78 Å². The van der Waals surface area contributed by atoms with Crippen LogP contribution < -0.4 is 4.74 Å². The largest absolute Gasteiger partial charge is 0.496 e. The zero-order chi connectivity index (χ0) is 10.4. The molecule has 1 aromatic carbocycles. The van der Waals surface area contributed by atoms with Crippen molar-refractivity contribution in [3.8, 4) is 5.75 Å². The molecule has 0 heterocycles. The summed E-state index contributed by atoms with van der Waals surface area (Å²) in [7, 11) is 1.56. The van der Waals surface area contributed by atoms with Crippen LogP contribution in [-0.4, -0.2) is 18.8 Å². The van der Waals surface area contributed by atoms with Crippen molar-refractivity contribution in [2.24, 2.45) is 0 Å². The van der Waals surface area contributed by atoms with Crippen LogP contribution in [-0.2, 0) is 0 Å². The van der Waals surface area contributed by atoms with E-state index in [1.54, 1.807) is 19.2 Å². The molecule has 76 valence electrons. The molecule has 0 amide bonds. The van der Waals surface area contributed by atoms with Gasteiger partial charge in [-0.25, -0.2) is 0 Å². The highest BCUT2D eigenvalue weighted by Gasteiger charge is 2.10. The number of para-hydroxylation sites is 1. The Hall–Kier alpha value is -1.02. The number of halogens is 1. The highest BCUT2D eigenvalue weighted by Crippen LogP contribution is 2.19. The quantitative estimate of drug-likeness (QED) is 0.554. The van der Waals surface area contributed by atoms with Crippen LogP contribution >= 0.6 is 11.6 Å². The standard InChI is InChI=1S/C11H13ClO2/c1-14-11-7-3-2-5-9(11)10(13)6-4-8-12/h2-3,5,7H,4,6,8H2,1H3. The molecule has 0 saturated carbocycles. The number of alkyl halides is 1. The van der Waals surface area contributed by atoms with Crippen LogP contribution in [0.5, 0.6) is 5.75 Å². The lowest BCUT2D eigenvalue weighted by atomic mass is 10.1. The van der Waals surface area contributed by atoms with Crippen molar-refractivity contribution >= 4 is 17.4 Å². The molecule has 1 aromatic rings. The number of methoxy groups -OCH3 is 1. The number of Topliss-reactive ketones (excluding diaryl/α,β-unsaturated/α-hetero) is 1. The number of hydrogen-bond donors (Lipinski definition) is 0. The highest BCUT2D eigenvalue weighted by molar-refractivity contribution is 6.18. The Morgan fingerprint density at radius 3 is 2.79 bits per heavy atom. The van der Waals surface area contributed by atoms with Crippen LogP contribution in [0.15, 0.2) is 24.3 Å². The number of rotatable bonds is 5. The van der Waals surface area contributed by atoms with E-state index in [0.29, 0.717) is 30.0 Å². The molecule has 0 aliphatic heterocycles. The number of carbonyl (C=O) groups excluding carboxylic acids is 1. The number of ether oxygens (including phenoxy) is 1. The van der Waals surface area contributed by atoms with Gasteiger partial charge in [-0.15, -0.1) is 11.6 Å². The second-order valence-corrected chi connectivity index (χ2v) is 3.29. The predicted molar refractivity (Wildman–Crippen MR) is 57.3 cm³/mol. The van der Waals surface area contributed by atoms with Crippen molar-refractivity contribution in [1.82, 2.24) is 0 Å². The van der Waals surface area contributed by atoms with Gasteiger partial charge in [-0.1, -0.05) is 12.1 Å². The number of ketones is 1. The predicted octanol–water partition coefficient (Wildman–Crippen LogP) is 2.90. The van der Waals surface area contributed by atoms with E-state index >= 15 is 0 Å². The van der Waals surface area contributed by atoms with Crippen molar-refractivity contribution in [2.75, 3.05) is 13.0 Å². The highest BCUT2D eigenvalue weighted by atomic mass is 35.5. The number of benzene rings is 1. The lowest BCUT2D eigenvalue weighted by molar-refractivity contribution is 0.0979. The van der Waals surface area contributed by atoms with Crippen molar-refractivity contribution in [2.45, 2.75) is 12.8 Å². The molecule has 0 unspecified atom stereocenters. The first kappa shape index (κ1) is 11.1. The van der Waals surface area contributed by atoms with Crippen molar-refractivity contribution in [1.29, 1.82) is 0 Å². The number of carbonyl (C=O) groups is 1. The first-order chi connectivity index (χ1) is 6.79. The van der Waals surface area contributed by atoms with Crippen LogP contribution in [0.25, 0.3) is 0 Å². The fraction of sp³-hybridized carbons (Fsp3) is 0.364. The first-order valence-corrected chi connectivity index (χ1v) is 5.05. The maximum Gasteiger partial charge on any atom is 0.166 e. The minimum atomic E-state index is 0.0862. The maximum absolute atomic E-state index is 11.6. The summed E-state index contributed by atoms with van der Waals surface area (Å²) in [4.78, 5) is 11.6. The van der Waals surface area contributed by atoms with E-state index in [1.165, 1.54) is 0 Å². The van der Waals surface area contributed by atoms with Gasteiger partial charge in [0.2, 0.25) is 0 Å². The maximum atomic E-state index is 11.6. The zero-order valence-corrected chi connectivity index (χ0v) is 8.88. The third-order valence-electron chi connectivity index (χ3n) is 1.94. The normalized spacial score (nSPS) is 9.86. The Bertz CT molecular complexity index is 310. The van der Waals surface area contributed by atoms with Gasteiger partial charge in [0.05, 0.1) is 12.7 Å². The minimum Gasteiger partial charge on any atom is -0.496 e. The Kier molecular flexibility index (Phi) is 4.47. The molecule has 2 nitrogen and oxygen atoms in total. The summed E-state index contributed by atoms with van der Waals surface area (Å²) < 4.78 is 5.09. The average molecular weight is 213 g/mol. The minimum absolute atomic E-state index is 0.0862. The Morgan fingerprint density at radius 2 is 2.14 bits per heavy atom. The summed E-state index contributed by atoms with van der Waals surface area (Å²) in [5, 5.41) is 0. The second kappa shape index (κ2) is 5.66. The molecule has 1 rings (SSSR count). The molecular formula is C11H13ClO2. The summed E-state index contributed by atoms with van der Waals surface area (Å²) in [6.45, 7) is 0. The van der Waals surface area contributed by atoms with Crippen LogP contribution in [0.3, 0.4) is 0 Å². The van der Waals surface area contributed by atoms with Crippen molar-refractivity contribution in [3.05, 3.63) is 29.8 Å². The van der Waals surface area contributed by atoms with E-state index in [-0.39, 0.29) is 5.78 Å². The topological polar surface area (TPSA) is 26.3 Å². The van der Waals surface area contributed by atoms with Crippen LogP contribution in [0.4, 0.5) is 0 Å². The van der Waals surface area contributed by atoms with E-state index in [2.05, 4.69) is 0 Å². The molecule has 0 atom stereocenters. The Balaban J connectivity index is 2.78. The van der Waals surface area contributed by atoms with Gasteiger partial charge in [-0.3, -0.25) is 4.79 Å². The Labute approximate surface area is 88.8 Å². The lowest BCUT2D eigenvalue weighted by Gasteiger charge is -2.05. The average Bonchev–Trinajstić information content (AvgIpc) is 2.25. The summed E-state index contributed by atoms with van der Waals surface area (Å²) in [6, 6.07) is 7.23. The molecule has 3 heteroatoms. The molecule has 0 radical (unpaired) electrons. The second-order valence-electron chi connectivity index (χ2n) is 2.92. The van der Waals surface area contributed by atoms with Gasteiger partial charge in [-0.2, -0.15) is 0 Å². The SMILES string of the molecule is COc1ccccc1C(=O)CCCCl. The van der Waals surface area contributed by atoms with Gasteiger partial charge in [0.1, 0.15) is 5.75 Å². The van der Waals surface area contributed by atoms with Crippen LogP contribution in [0.2, 0.25) is 0 Å². The molecular weight excluding hydrogens is 200 g/mol. The summed E-state index contributed by atoms with van der Waals surface area (Å²) in [5.41, 5.74) is 0.639. The third-order valence-corrected chi connectivity index (χ3v) is 2.21. The van der Waals surface area contributed by atoms with Crippen molar-refractivity contribution in [3.63, 3.8) is 0 Å².